The zero-order valence-electron chi connectivity index (χ0n) is 21.3. The SMILES string of the molecule is CCCCCCCCCCCCOC(=O)CC(=O)OCCCCCCCCCCCC.[S]. The molecule has 190 valence electrons. The number of ether oxygens (including phenoxy) is 2. The van der Waals surface area contributed by atoms with E-state index < -0.39 is 11.9 Å². The molecular formula is C27H52O4S. The average molecular weight is 473 g/mol. The molecule has 0 saturated heterocycles. The zero-order valence-corrected chi connectivity index (χ0v) is 22.1. The lowest BCUT2D eigenvalue weighted by atomic mass is 10.1. The Hall–Kier alpha value is -0.710. The Kier molecular flexibility index (Phi) is 29.6. The summed E-state index contributed by atoms with van der Waals surface area (Å²) in [7, 11) is 0. The van der Waals surface area contributed by atoms with Crippen molar-refractivity contribution in [1.29, 1.82) is 0 Å². The fourth-order valence-corrected chi connectivity index (χ4v) is 3.77. The Bertz CT molecular complexity index is 365. The fourth-order valence-electron chi connectivity index (χ4n) is 3.77. The minimum Gasteiger partial charge on any atom is -0.465 e. The number of carbonyl (C=O) groups is 2. The molecule has 5 heteroatoms. The molecule has 0 bridgehead atoms. The Labute approximate surface area is 206 Å². The molecule has 0 heterocycles. The first kappa shape index (κ1) is 33.5. The quantitative estimate of drug-likeness (QED) is 0.0799. The first-order valence-corrected chi connectivity index (χ1v) is 13.5. The molecule has 0 spiro atoms. The first-order chi connectivity index (χ1) is 15.2. The summed E-state index contributed by atoms with van der Waals surface area (Å²) in [4.78, 5) is 23.4. The normalized spacial score (nSPS) is 10.6. The molecule has 2 radical (unpaired) electrons. The summed E-state index contributed by atoms with van der Waals surface area (Å²) in [6, 6.07) is 0. The molecule has 0 fully saturated rings. The van der Waals surface area contributed by atoms with Crippen molar-refractivity contribution in [3.63, 3.8) is 0 Å². The highest BCUT2D eigenvalue weighted by atomic mass is 32.1. The second-order valence-electron chi connectivity index (χ2n) is 8.98. The highest BCUT2D eigenvalue weighted by Gasteiger charge is 2.11. The number of carbonyl (C=O) groups excluding carboxylic acids is 2. The second kappa shape index (κ2) is 28.3. The molecule has 0 aromatic heterocycles. The summed E-state index contributed by atoms with van der Waals surface area (Å²) in [6.07, 6.45) is 24.7. The largest absolute Gasteiger partial charge is 0.465 e. The van der Waals surface area contributed by atoms with Crippen molar-refractivity contribution < 1.29 is 19.1 Å². The van der Waals surface area contributed by atoms with Crippen LogP contribution in [0.3, 0.4) is 0 Å². The van der Waals surface area contributed by atoms with Gasteiger partial charge in [0, 0.05) is 13.5 Å². The Morgan fingerprint density at radius 3 is 0.969 bits per heavy atom. The van der Waals surface area contributed by atoms with Crippen molar-refractivity contribution in [2.75, 3.05) is 13.2 Å². The smallest absolute Gasteiger partial charge is 0.317 e. The van der Waals surface area contributed by atoms with E-state index in [1.165, 1.54) is 103 Å². The number of esters is 2. The van der Waals surface area contributed by atoms with Crippen LogP contribution in [0.1, 0.15) is 149 Å². The van der Waals surface area contributed by atoms with Gasteiger partial charge in [-0.3, -0.25) is 9.59 Å². The highest BCUT2D eigenvalue weighted by Crippen LogP contribution is 2.11. The van der Waals surface area contributed by atoms with E-state index in [9.17, 15) is 9.59 Å². The van der Waals surface area contributed by atoms with E-state index in [4.69, 9.17) is 9.47 Å². The Balaban J connectivity index is 0. The summed E-state index contributed by atoms with van der Waals surface area (Å²) < 4.78 is 10.3. The lowest BCUT2D eigenvalue weighted by molar-refractivity contribution is -0.154. The van der Waals surface area contributed by atoms with E-state index in [-0.39, 0.29) is 19.9 Å². The van der Waals surface area contributed by atoms with Crippen molar-refractivity contribution in [2.24, 2.45) is 0 Å². The van der Waals surface area contributed by atoms with Gasteiger partial charge in [-0.05, 0) is 12.8 Å². The first-order valence-electron chi connectivity index (χ1n) is 13.5. The van der Waals surface area contributed by atoms with E-state index in [1.54, 1.807) is 0 Å². The summed E-state index contributed by atoms with van der Waals surface area (Å²) >= 11 is 0. The maximum atomic E-state index is 11.7. The molecule has 0 rings (SSSR count). The van der Waals surface area contributed by atoms with Crippen LogP contribution in [-0.2, 0) is 19.1 Å². The fraction of sp³-hybridized carbons (Fsp3) is 0.926. The second-order valence-corrected chi connectivity index (χ2v) is 8.98. The van der Waals surface area contributed by atoms with E-state index in [0.29, 0.717) is 13.2 Å². The van der Waals surface area contributed by atoms with E-state index >= 15 is 0 Å². The molecule has 0 aliphatic rings. The molecule has 0 atom stereocenters. The maximum Gasteiger partial charge on any atom is 0.317 e. The van der Waals surface area contributed by atoms with Crippen LogP contribution in [0.15, 0.2) is 0 Å². The van der Waals surface area contributed by atoms with E-state index in [0.717, 1.165) is 25.7 Å². The molecule has 4 nitrogen and oxygen atoms in total. The molecule has 0 aliphatic heterocycles. The third-order valence-electron chi connectivity index (χ3n) is 5.81. The van der Waals surface area contributed by atoms with Crippen LogP contribution in [0, 0.1) is 0 Å². The van der Waals surface area contributed by atoms with Crippen molar-refractivity contribution in [3.8, 4) is 0 Å². The zero-order chi connectivity index (χ0) is 22.8. The maximum absolute atomic E-state index is 11.7. The van der Waals surface area contributed by atoms with Crippen LogP contribution in [0.2, 0.25) is 0 Å². The Morgan fingerprint density at radius 1 is 0.438 bits per heavy atom. The third kappa shape index (κ3) is 27.3. The summed E-state index contributed by atoms with van der Waals surface area (Å²) in [5, 5.41) is 0. The van der Waals surface area contributed by atoms with Crippen molar-refractivity contribution >= 4 is 25.4 Å². The predicted molar refractivity (Wildman–Crippen MR) is 138 cm³/mol. The lowest BCUT2D eigenvalue weighted by Crippen LogP contribution is -2.15. The van der Waals surface area contributed by atoms with Crippen molar-refractivity contribution in [2.45, 2.75) is 149 Å². The topological polar surface area (TPSA) is 52.6 Å². The van der Waals surface area contributed by atoms with Crippen LogP contribution in [0.5, 0.6) is 0 Å². The van der Waals surface area contributed by atoms with Crippen LogP contribution >= 0.6 is 13.5 Å². The van der Waals surface area contributed by atoms with Gasteiger partial charge in [0.1, 0.15) is 6.42 Å². The molecule has 0 amide bonds. The van der Waals surface area contributed by atoms with Gasteiger partial charge in [-0.15, -0.1) is 0 Å². The lowest BCUT2D eigenvalue weighted by Gasteiger charge is -2.06. The van der Waals surface area contributed by atoms with Gasteiger partial charge in [0.05, 0.1) is 13.2 Å². The summed E-state index contributed by atoms with van der Waals surface area (Å²) in [6.45, 7) is 5.33. The molecule has 0 aliphatic carbocycles. The number of rotatable bonds is 24. The number of unbranched alkanes of at least 4 members (excludes halogenated alkanes) is 18. The Morgan fingerprint density at radius 2 is 0.688 bits per heavy atom. The minimum atomic E-state index is -0.455. The van der Waals surface area contributed by atoms with Gasteiger partial charge in [0.15, 0.2) is 0 Å². The summed E-state index contributed by atoms with van der Waals surface area (Å²) in [5.41, 5.74) is 0. The van der Waals surface area contributed by atoms with Gasteiger partial charge in [-0.2, -0.15) is 0 Å². The molecule has 0 aromatic rings. The van der Waals surface area contributed by atoms with Crippen LogP contribution in [0.4, 0.5) is 0 Å². The molecule has 32 heavy (non-hydrogen) atoms. The molecule has 0 aromatic carbocycles. The van der Waals surface area contributed by atoms with Crippen LogP contribution in [-0.4, -0.2) is 25.2 Å². The minimum absolute atomic E-state index is 0. The van der Waals surface area contributed by atoms with E-state index in [2.05, 4.69) is 13.8 Å². The van der Waals surface area contributed by atoms with Gasteiger partial charge < -0.3 is 9.47 Å². The van der Waals surface area contributed by atoms with Gasteiger partial charge in [-0.1, -0.05) is 129 Å². The van der Waals surface area contributed by atoms with Crippen LogP contribution < -0.4 is 0 Å². The van der Waals surface area contributed by atoms with Crippen molar-refractivity contribution in [1.82, 2.24) is 0 Å². The van der Waals surface area contributed by atoms with Crippen molar-refractivity contribution in [3.05, 3.63) is 0 Å². The van der Waals surface area contributed by atoms with Gasteiger partial charge in [0.25, 0.3) is 0 Å². The molecule has 0 saturated carbocycles. The highest BCUT2D eigenvalue weighted by molar-refractivity contribution is 7.59. The summed E-state index contributed by atoms with van der Waals surface area (Å²) in [5.74, 6) is -0.909. The van der Waals surface area contributed by atoms with Gasteiger partial charge in [0.2, 0.25) is 0 Å². The van der Waals surface area contributed by atoms with Gasteiger partial charge in [-0.25, -0.2) is 0 Å². The predicted octanol–water partition coefficient (Wildman–Crippen LogP) is 8.95. The van der Waals surface area contributed by atoms with Crippen LogP contribution in [0.25, 0.3) is 0 Å². The molecule has 0 N–H and O–H groups in total. The standard InChI is InChI=1S/C27H52O4.S/c1-3-5-7-9-11-13-15-17-19-21-23-30-26(28)25-27(29)31-24-22-20-18-16-14-12-10-8-6-4-2;/h3-25H2,1-2H3;. The van der Waals surface area contributed by atoms with Gasteiger partial charge >= 0.3 is 11.9 Å². The number of hydrogen-bond acceptors (Lipinski definition) is 4. The molecule has 0 unspecified atom stereocenters. The third-order valence-corrected chi connectivity index (χ3v) is 5.81. The number of hydrogen-bond donors (Lipinski definition) is 0. The monoisotopic (exact) mass is 472 g/mol. The average Bonchev–Trinajstić information content (AvgIpc) is 2.75. The molecular weight excluding hydrogens is 420 g/mol. The van der Waals surface area contributed by atoms with E-state index in [1.807, 2.05) is 0 Å².